The van der Waals surface area contributed by atoms with E-state index in [0.29, 0.717) is 17.4 Å². The molecular weight excluding hydrogens is 376 g/mol. The zero-order valence-corrected chi connectivity index (χ0v) is 18.4. The first-order valence-corrected chi connectivity index (χ1v) is 11.8. The summed E-state index contributed by atoms with van der Waals surface area (Å²) in [5.74, 6) is 1.65. The number of benzene rings is 1. The van der Waals surface area contributed by atoms with Crippen molar-refractivity contribution < 1.29 is 13.9 Å². The van der Waals surface area contributed by atoms with Crippen LogP contribution in [0.3, 0.4) is 0 Å². The number of rotatable bonds is 5. The first kappa shape index (κ1) is 20.1. The minimum atomic E-state index is 0.158. The normalized spacial score (nSPS) is 26.0. The molecule has 0 unspecified atom stereocenters. The standard InChI is InChI=1S/C25H34N2O3/c1-3-5-9-22-23(18-8-6-7-10-21(18)30-22)24(28)27-13-11-25(12-14-27)17-26(4-2)20-16-29-15-19(20)25/h6-8,10,19-20H,3-5,9,11-17H2,1-2H3/t19-,20+/m0/s1. The molecule has 0 N–H and O–H groups in total. The Hall–Kier alpha value is -1.85. The summed E-state index contributed by atoms with van der Waals surface area (Å²) in [6, 6.07) is 8.57. The van der Waals surface area contributed by atoms with Crippen molar-refractivity contribution >= 4 is 16.9 Å². The molecule has 3 fully saturated rings. The molecule has 1 spiro atoms. The number of carbonyl (C=O) groups is 1. The maximum Gasteiger partial charge on any atom is 0.258 e. The molecule has 5 rings (SSSR count). The zero-order chi connectivity index (χ0) is 20.7. The van der Waals surface area contributed by atoms with Gasteiger partial charge in [0.15, 0.2) is 0 Å². The number of fused-ring (bicyclic) bond motifs is 3. The van der Waals surface area contributed by atoms with E-state index in [1.165, 1.54) is 6.54 Å². The molecule has 5 nitrogen and oxygen atoms in total. The minimum Gasteiger partial charge on any atom is -0.460 e. The van der Waals surface area contributed by atoms with Gasteiger partial charge in [0.1, 0.15) is 11.3 Å². The minimum absolute atomic E-state index is 0.158. The number of aryl methyl sites for hydroxylation is 1. The third-order valence-electron chi connectivity index (χ3n) is 7.92. The number of hydrogen-bond acceptors (Lipinski definition) is 4. The third-order valence-corrected chi connectivity index (χ3v) is 7.92. The van der Waals surface area contributed by atoms with Crippen LogP contribution in [0.1, 0.15) is 55.6 Å². The number of piperidine rings is 1. The van der Waals surface area contributed by atoms with Gasteiger partial charge in [-0.25, -0.2) is 0 Å². The molecule has 0 radical (unpaired) electrons. The van der Waals surface area contributed by atoms with E-state index in [9.17, 15) is 4.79 Å². The van der Waals surface area contributed by atoms with E-state index in [2.05, 4.69) is 23.6 Å². The summed E-state index contributed by atoms with van der Waals surface area (Å²) in [5.41, 5.74) is 1.96. The Labute approximate surface area is 179 Å². The van der Waals surface area contributed by atoms with Crippen molar-refractivity contribution in [3.63, 3.8) is 0 Å². The molecule has 2 atom stereocenters. The number of amides is 1. The highest BCUT2D eigenvalue weighted by atomic mass is 16.5. The lowest BCUT2D eigenvalue weighted by atomic mass is 9.70. The summed E-state index contributed by atoms with van der Waals surface area (Å²) in [4.78, 5) is 18.3. The van der Waals surface area contributed by atoms with Crippen molar-refractivity contribution in [1.29, 1.82) is 0 Å². The highest BCUT2D eigenvalue weighted by Gasteiger charge is 2.55. The monoisotopic (exact) mass is 410 g/mol. The number of likely N-dealkylation sites (tertiary alicyclic amines) is 2. The van der Waals surface area contributed by atoms with Crippen molar-refractivity contribution in [2.24, 2.45) is 11.3 Å². The van der Waals surface area contributed by atoms with Gasteiger partial charge in [-0.3, -0.25) is 9.69 Å². The molecule has 0 aliphatic carbocycles. The van der Waals surface area contributed by atoms with Gasteiger partial charge in [-0.15, -0.1) is 0 Å². The number of likely N-dealkylation sites (N-methyl/N-ethyl adjacent to an activating group) is 1. The van der Waals surface area contributed by atoms with Crippen molar-refractivity contribution in [2.75, 3.05) is 39.4 Å². The van der Waals surface area contributed by atoms with Gasteiger partial charge in [0, 0.05) is 43.4 Å². The van der Waals surface area contributed by atoms with Crippen molar-refractivity contribution in [2.45, 2.75) is 52.0 Å². The Morgan fingerprint density at radius 3 is 2.73 bits per heavy atom. The number of ether oxygens (including phenoxy) is 1. The molecular formula is C25H34N2O3. The maximum absolute atomic E-state index is 13.6. The van der Waals surface area contributed by atoms with E-state index in [1.807, 2.05) is 24.3 Å². The molecule has 1 aromatic heterocycles. The number of carbonyl (C=O) groups excluding carboxylic acids is 1. The van der Waals surface area contributed by atoms with E-state index in [4.69, 9.17) is 9.15 Å². The van der Waals surface area contributed by atoms with Crippen LogP contribution in [0.25, 0.3) is 11.0 Å². The average Bonchev–Trinajstić information content (AvgIpc) is 3.47. The SMILES string of the molecule is CCCCc1oc2ccccc2c1C(=O)N1CCC2(CC1)CN(CC)[C@@H]1COC[C@@H]12. The van der Waals surface area contributed by atoms with Gasteiger partial charge in [0.25, 0.3) is 5.91 Å². The number of hydrogen-bond donors (Lipinski definition) is 0. The van der Waals surface area contributed by atoms with E-state index >= 15 is 0 Å². The van der Waals surface area contributed by atoms with Gasteiger partial charge < -0.3 is 14.1 Å². The summed E-state index contributed by atoms with van der Waals surface area (Å²) in [6.45, 7) is 10.1. The smallest absolute Gasteiger partial charge is 0.258 e. The summed E-state index contributed by atoms with van der Waals surface area (Å²) >= 11 is 0. The molecule has 5 heteroatoms. The first-order chi connectivity index (χ1) is 14.7. The molecule has 3 aliphatic heterocycles. The highest BCUT2D eigenvalue weighted by molar-refractivity contribution is 6.07. The van der Waals surface area contributed by atoms with Gasteiger partial charge in [-0.1, -0.05) is 38.5 Å². The summed E-state index contributed by atoms with van der Waals surface area (Å²) < 4.78 is 12.0. The van der Waals surface area contributed by atoms with Gasteiger partial charge in [0.2, 0.25) is 0 Å². The second kappa shape index (κ2) is 8.01. The number of furan rings is 1. The van der Waals surface area contributed by atoms with Crippen LogP contribution in [0, 0.1) is 11.3 Å². The van der Waals surface area contributed by atoms with Crippen LogP contribution >= 0.6 is 0 Å². The Balaban J connectivity index is 1.36. The summed E-state index contributed by atoms with van der Waals surface area (Å²) in [6.07, 6.45) is 5.13. The van der Waals surface area contributed by atoms with Gasteiger partial charge in [0.05, 0.1) is 18.8 Å². The van der Waals surface area contributed by atoms with Crippen LogP contribution in [-0.2, 0) is 11.2 Å². The van der Waals surface area contributed by atoms with Crippen LogP contribution in [0.2, 0.25) is 0 Å². The molecule has 1 aromatic carbocycles. The van der Waals surface area contributed by atoms with Crippen LogP contribution in [-0.4, -0.2) is 61.1 Å². The molecule has 0 saturated carbocycles. The first-order valence-electron chi connectivity index (χ1n) is 11.8. The van der Waals surface area contributed by atoms with E-state index in [1.54, 1.807) is 0 Å². The van der Waals surface area contributed by atoms with E-state index in [-0.39, 0.29) is 5.91 Å². The Morgan fingerprint density at radius 2 is 1.97 bits per heavy atom. The van der Waals surface area contributed by atoms with Gasteiger partial charge in [-0.2, -0.15) is 0 Å². The predicted molar refractivity (Wildman–Crippen MR) is 118 cm³/mol. The van der Waals surface area contributed by atoms with Crippen molar-refractivity contribution in [1.82, 2.24) is 9.80 Å². The summed E-state index contributed by atoms with van der Waals surface area (Å²) in [7, 11) is 0. The fourth-order valence-corrected chi connectivity index (χ4v) is 6.16. The maximum atomic E-state index is 13.6. The molecule has 162 valence electrons. The Kier molecular flexibility index (Phi) is 5.36. The predicted octanol–water partition coefficient (Wildman–Crippen LogP) is 4.35. The fourth-order valence-electron chi connectivity index (χ4n) is 6.16. The molecule has 0 bridgehead atoms. The molecule has 30 heavy (non-hydrogen) atoms. The average molecular weight is 411 g/mol. The third kappa shape index (κ3) is 3.18. The lowest BCUT2D eigenvalue weighted by Crippen LogP contribution is -2.47. The largest absolute Gasteiger partial charge is 0.460 e. The van der Waals surface area contributed by atoms with Crippen LogP contribution in [0.5, 0.6) is 0 Å². The van der Waals surface area contributed by atoms with Crippen LogP contribution in [0.15, 0.2) is 28.7 Å². The molecule has 1 amide bonds. The quantitative estimate of drug-likeness (QED) is 0.735. The number of para-hydroxylation sites is 1. The van der Waals surface area contributed by atoms with Gasteiger partial charge >= 0.3 is 0 Å². The summed E-state index contributed by atoms with van der Waals surface area (Å²) in [5, 5.41) is 0.969. The lowest BCUT2D eigenvalue weighted by Gasteiger charge is -2.42. The second-order valence-corrected chi connectivity index (χ2v) is 9.43. The van der Waals surface area contributed by atoms with Crippen LogP contribution in [0.4, 0.5) is 0 Å². The molecule has 4 heterocycles. The fraction of sp³-hybridized carbons (Fsp3) is 0.640. The number of unbranched alkanes of at least 4 members (excludes halogenated alkanes) is 1. The Bertz CT molecular complexity index is 912. The van der Waals surface area contributed by atoms with Gasteiger partial charge in [-0.05, 0) is 37.3 Å². The van der Waals surface area contributed by atoms with E-state index in [0.717, 1.165) is 87.2 Å². The molecule has 2 aromatic rings. The highest BCUT2D eigenvalue weighted by Crippen LogP contribution is 2.50. The lowest BCUT2D eigenvalue weighted by molar-refractivity contribution is 0.0402. The van der Waals surface area contributed by atoms with Crippen molar-refractivity contribution in [3.05, 3.63) is 35.6 Å². The zero-order valence-electron chi connectivity index (χ0n) is 18.4. The molecule has 3 saturated heterocycles. The second-order valence-electron chi connectivity index (χ2n) is 9.43. The van der Waals surface area contributed by atoms with E-state index < -0.39 is 0 Å². The molecule has 3 aliphatic rings. The topological polar surface area (TPSA) is 45.9 Å². The number of nitrogens with zero attached hydrogens (tertiary/aromatic N) is 2. The van der Waals surface area contributed by atoms with Crippen LogP contribution < -0.4 is 0 Å². The van der Waals surface area contributed by atoms with Crippen molar-refractivity contribution in [3.8, 4) is 0 Å². The Morgan fingerprint density at radius 1 is 1.17 bits per heavy atom.